The first-order valence-electron chi connectivity index (χ1n) is 9.47. The number of H-pyrrole nitrogens is 1. The molecule has 7 heteroatoms. The minimum atomic E-state index is -0.00150. The van der Waals surface area contributed by atoms with Crippen LogP contribution in [0.5, 0.6) is 11.5 Å². The quantitative estimate of drug-likeness (QED) is 0.369. The van der Waals surface area contributed by atoms with Crippen molar-refractivity contribution >= 4 is 28.2 Å². The van der Waals surface area contributed by atoms with Crippen LogP contribution in [0, 0.1) is 0 Å². The number of para-hydroxylation sites is 2. The fraction of sp³-hybridized carbons (Fsp3) is 0.318. The molecule has 0 bridgehead atoms. The van der Waals surface area contributed by atoms with Crippen molar-refractivity contribution in [2.24, 2.45) is 0 Å². The van der Waals surface area contributed by atoms with Crippen LogP contribution < -0.4 is 20.1 Å². The third-order valence-electron chi connectivity index (χ3n) is 4.86. The molecule has 0 aliphatic carbocycles. The number of hydrogen-bond donors (Lipinski definition) is 3. The van der Waals surface area contributed by atoms with Gasteiger partial charge in [0.25, 0.3) is 0 Å². The second kappa shape index (κ2) is 10.1. The van der Waals surface area contributed by atoms with E-state index in [0.717, 1.165) is 16.8 Å². The highest BCUT2D eigenvalue weighted by atomic mass is 32.1. The summed E-state index contributed by atoms with van der Waals surface area (Å²) in [7, 11) is 4.98. The monoisotopic (exact) mass is 413 g/mol. The van der Waals surface area contributed by atoms with Gasteiger partial charge < -0.3 is 29.8 Å². The number of ether oxygens (including phenoxy) is 3. The van der Waals surface area contributed by atoms with E-state index in [4.69, 9.17) is 26.4 Å². The van der Waals surface area contributed by atoms with Crippen LogP contribution in [0.3, 0.4) is 0 Å². The predicted molar refractivity (Wildman–Crippen MR) is 120 cm³/mol. The van der Waals surface area contributed by atoms with Gasteiger partial charge in [0, 0.05) is 48.8 Å². The number of thiocarbonyl (C=S) groups is 1. The van der Waals surface area contributed by atoms with Gasteiger partial charge in [0.2, 0.25) is 0 Å². The third-order valence-corrected chi connectivity index (χ3v) is 5.15. The van der Waals surface area contributed by atoms with E-state index in [2.05, 4.69) is 40.0 Å². The average Bonchev–Trinajstić information content (AvgIpc) is 3.18. The van der Waals surface area contributed by atoms with Gasteiger partial charge in [-0.3, -0.25) is 0 Å². The smallest absolute Gasteiger partial charge is 0.166 e. The van der Waals surface area contributed by atoms with Gasteiger partial charge in [0.1, 0.15) is 0 Å². The average molecular weight is 414 g/mol. The van der Waals surface area contributed by atoms with E-state index < -0.39 is 0 Å². The van der Waals surface area contributed by atoms with Crippen molar-refractivity contribution in [3.63, 3.8) is 0 Å². The summed E-state index contributed by atoms with van der Waals surface area (Å²) in [6.07, 6.45) is 2.05. The molecule has 29 heavy (non-hydrogen) atoms. The summed E-state index contributed by atoms with van der Waals surface area (Å²) in [5.74, 6) is 1.43. The first-order valence-corrected chi connectivity index (χ1v) is 9.88. The molecular weight excluding hydrogens is 386 g/mol. The second-order valence-electron chi connectivity index (χ2n) is 6.55. The van der Waals surface area contributed by atoms with Crippen molar-refractivity contribution in [2.45, 2.75) is 5.92 Å². The maximum Gasteiger partial charge on any atom is 0.166 e. The summed E-state index contributed by atoms with van der Waals surface area (Å²) >= 11 is 5.43. The Labute approximate surface area is 176 Å². The number of nitrogens with one attached hydrogen (secondary N) is 3. The highest BCUT2D eigenvalue weighted by Crippen LogP contribution is 2.40. The van der Waals surface area contributed by atoms with Crippen LogP contribution in [0.4, 0.5) is 0 Å². The lowest BCUT2D eigenvalue weighted by Gasteiger charge is -2.22. The largest absolute Gasteiger partial charge is 0.493 e. The van der Waals surface area contributed by atoms with Gasteiger partial charge in [0.15, 0.2) is 16.6 Å². The molecule has 0 aliphatic rings. The molecular formula is C22H27N3O3S. The summed E-state index contributed by atoms with van der Waals surface area (Å²) < 4.78 is 16.3. The van der Waals surface area contributed by atoms with E-state index in [1.165, 1.54) is 10.9 Å². The molecule has 0 spiro atoms. The lowest BCUT2D eigenvalue weighted by molar-refractivity contribution is 0.204. The summed E-state index contributed by atoms with van der Waals surface area (Å²) in [6, 6.07) is 14.2. The maximum atomic E-state index is 5.72. The van der Waals surface area contributed by atoms with Crippen LogP contribution in [0.2, 0.25) is 0 Å². The van der Waals surface area contributed by atoms with E-state index in [0.29, 0.717) is 30.6 Å². The Morgan fingerprint density at radius 3 is 2.59 bits per heavy atom. The molecule has 0 unspecified atom stereocenters. The van der Waals surface area contributed by atoms with Crippen LogP contribution in [0.15, 0.2) is 48.7 Å². The fourth-order valence-corrected chi connectivity index (χ4v) is 3.67. The Kier molecular flexibility index (Phi) is 7.32. The van der Waals surface area contributed by atoms with E-state index in [1.807, 2.05) is 24.3 Å². The molecule has 3 N–H and O–H groups in total. The Hall–Kier alpha value is -2.77. The first-order chi connectivity index (χ1) is 14.2. The summed E-state index contributed by atoms with van der Waals surface area (Å²) in [4.78, 5) is 3.37. The molecule has 1 aromatic heterocycles. The lowest BCUT2D eigenvalue weighted by Crippen LogP contribution is -2.39. The molecule has 3 aromatic rings. The zero-order valence-electron chi connectivity index (χ0n) is 17.0. The van der Waals surface area contributed by atoms with Gasteiger partial charge in [-0.15, -0.1) is 0 Å². The number of aromatic nitrogens is 1. The van der Waals surface area contributed by atoms with Gasteiger partial charge >= 0.3 is 0 Å². The minimum Gasteiger partial charge on any atom is -0.493 e. The summed E-state index contributed by atoms with van der Waals surface area (Å²) in [5.41, 5.74) is 3.29. The SMILES string of the molecule is COCCNC(=S)NC[C@@H](c1cccc(OC)c1OC)c1c[nH]c2ccccc12. The highest BCUT2D eigenvalue weighted by Gasteiger charge is 2.23. The van der Waals surface area contributed by atoms with Crippen molar-refractivity contribution in [2.75, 3.05) is 41.0 Å². The molecule has 0 saturated carbocycles. The summed E-state index contributed by atoms with van der Waals surface area (Å²) in [5, 5.41) is 8.25. The molecule has 0 aliphatic heterocycles. The Bertz CT molecular complexity index is 957. The molecule has 0 radical (unpaired) electrons. The van der Waals surface area contributed by atoms with Gasteiger partial charge in [-0.05, 0) is 29.9 Å². The second-order valence-corrected chi connectivity index (χ2v) is 6.96. The van der Waals surface area contributed by atoms with Crippen LogP contribution in [0.1, 0.15) is 17.0 Å². The molecule has 154 valence electrons. The normalized spacial score (nSPS) is 11.8. The predicted octanol–water partition coefficient (Wildman–Crippen LogP) is 3.43. The standard InChI is InChI=1S/C22H27N3O3S/c1-26-12-11-23-22(29)25-14-18(16-8-6-10-20(27-2)21(16)28-3)17-13-24-19-9-5-4-7-15(17)19/h4-10,13,18,24H,11-12,14H2,1-3H3,(H2,23,25,29)/t18-/m0/s1. The van der Waals surface area contributed by atoms with Crippen LogP contribution in [-0.4, -0.2) is 51.1 Å². The van der Waals surface area contributed by atoms with E-state index in [9.17, 15) is 0 Å². The number of methoxy groups -OCH3 is 3. The zero-order valence-corrected chi connectivity index (χ0v) is 17.8. The number of benzene rings is 2. The van der Waals surface area contributed by atoms with Crippen LogP contribution in [-0.2, 0) is 4.74 Å². The van der Waals surface area contributed by atoms with Gasteiger partial charge in [-0.25, -0.2) is 0 Å². The molecule has 2 aromatic carbocycles. The van der Waals surface area contributed by atoms with E-state index >= 15 is 0 Å². The Balaban J connectivity index is 1.96. The zero-order chi connectivity index (χ0) is 20.6. The number of hydrogen-bond acceptors (Lipinski definition) is 4. The topological polar surface area (TPSA) is 67.5 Å². The van der Waals surface area contributed by atoms with Crippen LogP contribution in [0.25, 0.3) is 10.9 Å². The fourth-order valence-electron chi connectivity index (χ4n) is 3.48. The van der Waals surface area contributed by atoms with Crippen molar-refractivity contribution in [3.8, 4) is 11.5 Å². The van der Waals surface area contributed by atoms with Crippen LogP contribution >= 0.6 is 12.2 Å². The maximum absolute atomic E-state index is 5.72. The highest BCUT2D eigenvalue weighted by molar-refractivity contribution is 7.80. The molecule has 6 nitrogen and oxygen atoms in total. The van der Waals surface area contributed by atoms with Gasteiger partial charge in [-0.1, -0.05) is 30.3 Å². The molecule has 0 saturated heterocycles. The number of fused-ring (bicyclic) bond motifs is 1. The number of rotatable bonds is 9. The molecule has 3 rings (SSSR count). The minimum absolute atomic E-state index is 0.00150. The van der Waals surface area contributed by atoms with Gasteiger partial charge in [0.05, 0.1) is 20.8 Å². The molecule has 0 fully saturated rings. The lowest BCUT2D eigenvalue weighted by atomic mass is 9.90. The third kappa shape index (κ3) is 4.81. The van der Waals surface area contributed by atoms with Gasteiger partial charge in [-0.2, -0.15) is 0 Å². The molecule has 0 amide bonds. The van der Waals surface area contributed by atoms with Crippen molar-refractivity contribution < 1.29 is 14.2 Å². The summed E-state index contributed by atoms with van der Waals surface area (Å²) in [6.45, 7) is 1.85. The molecule has 1 atom stereocenters. The Morgan fingerprint density at radius 1 is 1.00 bits per heavy atom. The number of aromatic amines is 1. The molecule has 1 heterocycles. The van der Waals surface area contributed by atoms with Crippen molar-refractivity contribution in [1.29, 1.82) is 0 Å². The Morgan fingerprint density at radius 2 is 1.83 bits per heavy atom. The van der Waals surface area contributed by atoms with E-state index in [1.54, 1.807) is 21.3 Å². The first kappa shape index (κ1) is 21.0. The van der Waals surface area contributed by atoms with E-state index in [-0.39, 0.29) is 5.92 Å². The van der Waals surface area contributed by atoms with Crippen molar-refractivity contribution in [3.05, 3.63) is 59.8 Å². The van der Waals surface area contributed by atoms with Crippen molar-refractivity contribution in [1.82, 2.24) is 15.6 Å².